The van der Waals surface area contributed by atoms with E-state index in [2.05, 4.69) is 24.4 Å². The van der Waals surface area contributed by atoms with Crippen LogP contribution in [-0.2, 0) is 14.4 Å². The van der Waals surface area contributed by atoms with Crippen molar-refractivity contribution >= 4 is 17.7 Å². The number of likely N-dealkylation sites (tertiary alicyclic amines) is 1. The minimum atomic E-state index is -0.157. The first kappa shape index (κ1) is 15.9. The van der Waals surface area contributed by atoms with Crippen molar-refractivity contribution in [2.75, 3.05) is 6.54 Å². The maximum Gasteiger partial charge on any atom is 0.233 e. The molecule has 0 unspecified atom stereocenters. The van der Waals surface area contributed by atoms with Crippen LogP contribution in [-0.4, -0.2) is 35.2 Å². The maximum atomic E-state index is 12.6. The fraction of sp³-hybridized carbons (Fsp3) is 0.737. The van der Waals surface area contributed by atoms with Crippen LogP contribution in [0.25, 0.3) is 0 Å². The topological polar surface area (TPSA) is 66.5 Å². The lowest BCUT2D eigenvalue weighted by atomic mass is 9.85. The van der Waals surface area contributed by atoms with Crippen LogP contribution in [0.4, 0.5) is 0 Å². The van der Waals surface area contributed by atoms with Gasteiger partial charge in [0.05, 0.1) is 11.8 Å². The summed E-state index contributed by atoms with van der Waals surface area (Å²) in [6.45, 7) is 2.49. The third-order valence-electron chi connectivity index (χ3n) is 6.51. The number of imide groups is 1. The summed E-state index contributed by atoms with van der Waals surface area (Å²) in [4.78, 5) is 38.7. The molecule has 0 aromatic heterocycles. The predicted molar refractivity (Wildman–Crippen MR) is 88.6 cm³/mol. The number of hydrogen-bond donors (Lipinski definition) is 1. The Hall–Kier alpha value is -1.65. The van der Waals surface area contributed by atoms with E-state index in [-0.39, 0.29) is 60.4 Å². The molecule has 0 radical (unpaired) electrons. The largest absolute Gasteiger partial charge is 0.353 e. The summed E-state index contributed by atoms with van der Waals surface area (Å²) < 4.78 is 0. The first-order valence-corrected chi connectivity index (χ1v) is 9.37. The van der Waals surface area contributed by atoms with Gasteiger partial charge in [-0.2, -0.15) is 0 Å². The molecule has 1 N–H and O–H groups in total. The zero-order chi connectivity index (χ0) is 16.8. The number of nitrogens with one attached hydrogen (secondary N) is 1. The Kier molecular flexibility index (Phi) is 3.97. The Morgan fingerprint density at radius 2 is 1.67 bits per heavy atom. The molecule has 2 saturated carbocycles. The molecule has 2 bridgehead atoms. The number of rotatable bonds is 4. The molecule has 5 heteroatoms. The Labute approximate surface area is 142 Å². The van der Waals surface area contributed by atoms with Gasteiger partial charge in [-0.05, 0) is 49.9 Å². The molecule has 3 fully saturated rings. The highest BCUT2D eigenvalue weighted by molar-refractivity contribution is 6.06. The molecule has 5 nitrogen and oxygen atoms in total. The van der Waals surface area contributed by atoms with Gasteiger partial charge in [0.1, 0.15) is 0 Å². The van der Waals surface area contributed by atoms with Crippen LogP contribution in [0.15, 0.2) is 12.2 Å². The minimum absolute atomic E-state index is 0.0340. The molecule has 0 spiro atoms. The SMILES string of the molecule is CC1CCC(NC(=O)CCN2C(=O)[C@@H]3[C@@H](C2=O)[C@H]2C=C[C@H]3C2)CC1. The summed E-state index contributed by atoms with van der Waals surface area (Å²) in [5, 5.41) is 3.07. The summed E-state index contributed by atoms with van der Waals surface area (Å²) in [5.74, 6) is 0.766. The van der Waals surface area contributed by atoms with Crippen LogP contribution in [0.2, 0.25) is 0 Å². The van der Waals surface area contributed by atoms with Crippen molar-refractivity contribution in [3.63, 3.8) is 0 Å². The van der Waals surface area contributed by atoms with Gasteiger partial charge >= 0.3 is 0 Å². The average Bonchev–Trinajstić information content (AvgIpc) is 3.23. The van der Waals surface area contributed by atoms with Crippen molar-refractivity contribution in [1.29, 1.82) is 0 Å². The highest BCUT2D eigenvalue weighted by Crippen LogP contribution is 2.52. The monoisotopic (exact) mass is 330 g/mol. The zero-order valence-electron chi connectivity index (χ0n) is 14.2. The van der Waals surface area contributed by atoms with E-state index in [1.807, 2.05) is 0 Å². The van der Waals surface area contributed by atoms with Crippen LogP contribution >= 0.6 is 0 Å². The quantitative estimate of drug-likeness (QED) is 0.632. The van der Waals surface area contributed by atoms with Crippen molar-refractivity contribution in [2.45, 2.75) is 51.5 Å². The fourth-order valence-corrected chi connectivity index (χ4v) is 5.10. The third-order valence-corrected chi connectivity index (χ3v) is 6.51. The highest BCUT2D eigenvalue weighted by Gasteiger charge is 2.59. The van der Waals surface area contributed by atoms with E-state index in [1.165, 1.54) is 4.90 Å². The number of fused-ring (bicyclic) bond motifs is 5. The molecule has 3 aliphatic carbocycles. The second kappa shape index (κ2) is 6.01. The molecule has 0 aromatic rings. The first-order valence-electron chi connectivity index (χ1n) is 9.37. The lowest BCUT2D eigenvalue weighted by Gasteiger charge is -2.27. The lowest BCUT2D eigenvalue weighted by Crippen LogP contribution is -2.40. The number of hydrogen-bond acceptors (Lipinski definition) is 3. The smallest absolute Gasteiger partial charge is 0.233 e. The number of carbonyl (C=O) groups is 3. The molecular weight excluding hydrogens is 304 g/mol. The second-order valence-corrected chi connectivity index (χ2v) is 8.10. The Morgan fingerprint density at radius 3 is 2.25 bits per heavy atom. The van der Waals surface area contributed by atoms with E-state index in [9.17, 15) is 14.4 Å². The third kappa shape index (κ3) is 2.58. The van der Waals surface area contributed by atoms with Gasteiger partial charge in [-0.3, -0.25) is 19.3 Å². The molecule has 1 aliphatic heterocycles. The van der Waals surface area contributed by atoms with Crippen LogP contribution in [0, 0.1) is 29.6 Å². The number of amides is 3. The van der Waals surface area contributed by atoms with Crippen LogP contribution in [0.5, 0.6) is 0 Å². The first-order chi connectivity index (χ1) is 11.5. The molecule has 3 amide bonds. The van der Waals surface area contributed by atoms with Gasteiger partial charge in [-0.15, -0.1) is 0 Å². The molecule has 130 valence electrons. The summed E-state index contributed by atoms with van der Waals surface area (Å²) in [7, 11) is 0. The molecule has 0 aromatic carbocycles. The van der Waals surface area contributed by atoms with Crippen LogP contribution in [0.3, 0.4) is 0 Å². The van der Waals surface area contributed by atoms with Gasteiger partial charge in [0.25, 0.3) is 0 Å². The van der Waals surface area contributed by atoms with E-state index in [0.29, 0.717) is 0 Å². The van der Waals surface area contributed by atoms with E-state index in [4.69, 9.17) is 0 Å². The van der Waals surface area contributed by atoms with Crippen molar-refractivity contribution in [3.8, 4) is 0 Å². The molecule has 1 heterocycles. The van der Waals surface area contributed by atoms with Gasteiger partial charge in [0, 0.05) is 19.0 Å². The van der Waals surface area contributed by atoms with Crippen molar-refractivity contribution < 1.29 is 14.4 Å². The molecule has 4 atom stereocenters. The highest BCUT2D eigenvalue weighted by atomic mass is 16.2. The normalized spacial score (nSPS) is 40.3. The van der Waals surface area contributed by atoms with Gasteiger partial charge in [-0.1, -0.05) is 19.1 Å². The van der Waals surface area contributed by atoms with E-state index >= 15 is 0 Å². The lowest BCUT2D eigenvalue weighted by molar-refractivity contribution is -0.141. The predicted octanol–water partition coefficient (Wildman–Crippen LogP) is 1.88. The number of nitrogens with zero attached hydrogens (tertiary/aromatic N) is 1. The van der Waals surface area contributed by atoms with Crippen molar-refractivity contribution in [1.82, 2.24) is 10.2 Å². The number of allylic oxidation sites excluding steroid dienone is 2. The Morgan fingerprint density at radius 1 is 1.08 bits per heavy atom. The Bertz CT molecular complexity index is 561. The summed E-state index contributed by atoms with van der Waals surface area (Å²) in [6.07, 6.45) is 9.75. The molecule has 1 saturated heterocycles. The van der Waals surface area contributed by atoms with Crippen LogP contribution < -0.4 is 5.32 Å². The maximum absolute atomic E-state index is 12.6. The Balaban J connectivity index is 1.30. The molecule has 24 heavy (non-hydrogen) atoms. The second-order valence-electron chi connectivity index (χ2n) is 8.10. The minimum Gasteiger partial charge on any atom is -0.353 e. The van der Waals surface area contributed by atoms with Gasteiger partial charge < -0.3 is 5.32 Å². The molecule has 4 aliphatic rings. The van der Waals surface area contributed by atoms with Gasteiger partial charge in [0.15, 0.2) is 0 Å². The van der Waals surface area contributed by atoms with Gasteiger partial charge in [-0.25, -0.2) is 0 Å². The number of carbonyl (C=O) groups excluding carboxylic acids is 3. The van der Waals surface area contributed by atoms with Crippen LogP contribution in [0.1, 0.15) is 45.4 Å². The average molecular weight is 330 g/mol. The zero-order valence-corrected chi connectivity index (χ0v) is 14.2. The fourth-order valence-electron chi connectivity index (χ4n) is 5.10. The van der Waals surface area contributed by atoms with Gasteiger partial charge in [0.2, 0.25) is 17.7 Å². The van der Waals surface area contributed by atoms with Crippen molar-refractivity contribution in [2.24, 2.45) is 29.6 Å². The van der Waals surface area contributed by atoms with E-state index in [0.717, 1.165) is 38.0 Å². The summed E-state index contributed by atoms with van der Waals surface area (Å²) in [6, 6.07) is 0.262. The molecule has 4 rings (SSSR count). The van der Waals surface area contributed by atoms with E-state index < -0.39 is 0 Å². The standard InChI is InChI=1S/C19H26N2O3/c1-11-2-6-14(7-3-11)20-15(22)8-9-21-18(23)16-12-4-5-13(10-12)17(16)19(21)24/h4-5,11-14,16-17H,2-3,6-10H2,1H3,(H,20,22)/t11?,12-,13-,14?,16-,17-/m0/s1. The van der Waals surface area contributed by atoms with Crippen molar-refractivity contribution in [3.05, 3.63) is 12.2 Å². The summed E-state index contributed by atoms with van der Waals surface area (Å²) in [5.41, 5.74) is 0. The molecular formula is C19H26N2O3. The van der Waals surface area contributed by atoms with E-state index in [1.54, 1.807) is 0 Å². The summed E-state index contributed by atoms with van der Waals surface area (Å²) >= 11 is 0.